The maximum Gasteiger partial charge on any atom is 0.255 e. The van der Waals surface area contributed by atoms with Gasteiger partial charge in [-0.05, 0) is 51.8 Å². The summed E-state index contributed by atoms with van der Waals surface area (Å²) in [5, 5.41) is 11.3. The maximum atomic E-state index is 13.1. The molecule has 0 aliphatic heterocycles. The average Bonchev–Trinajstić information content (AvgIpc) is 2.44. The highest BCUT2D eigenvalue weighted by Gasteiger charge is 2.08. The smallest absolute Gasteiger partial charge is 0.255 e. The summed E-state index contributed by atoms with van der Waals surface area (Å²) < 4.78 is 13.3. The van der Waals surface area contributed by atoms with Crippen LogP contribution >= 0.6 is 15.9 Å². The topological polar surface area (TPSA) is 52.9 Å². The summed E-state index contributed by atoms with van der Waals surface area (Å²) in [7, 11) is 0. The van der Waals surface area contributed by atoms with Crippen molar-refractivity contribution in [2.45, 2.75) is 6.42 Å². The van der Waals surface area contributed by atoms with Crippen molar-refractivity contribution in [2.24, 2.45) is 0 Å². The largest absolute Gasteiger partial charge is 0.322 e. The van der Waals surface area contributed by atoms with Crippen molar-refractivity contribution >= 4 is 27.5 Å². The number of carbonyl (C=O) groups excluding carboxylic acids is 1. The molecule has 1 N–H and O–H groups in total. The number of rotatable bonds is 3. The van der Waals surface area contributed by atoms with E-state index in [0.29, 0.717) is 17.7 Å². The molecule has 0 heterocycles. The molecule has 1 amide bonds. The summed E-state index contributed by atoms with van der Waals surface area (Å²) in [5.41, 5.74) is 1.87. The number of nitrogens with zero attached hydrogens (tertiary/aromatic N) is 1. The van der Waals surface area contributed by atoms with Gasteiger partial charge in [-0.2, -0.15) is 5.26 Å². The van der Waals surface area contributed by atoms with Gasteiger partial charge in [-0.3, -0.25) is 4.79 Å². The molecule has 0 aliphatic rings. The van der Waals surface area contributed by atoms with E-state index in [2.05, 4.69) is 27.3 Å². The fourth-order valence-electron chi connectivity index (χ4n) is 1.64. The van der Waals surface area contributed by atoms with Crippen LogP contribution in [0, 0.1) is 17.1 Å². The van der Waals surface area contributed by atoms with Crippen LogP contribution in [0.15, 0.2) is 46.9 Å². The predicted octanol–water partition coefficient (Wildman–Crippen LogP) is 3.91. The number of benzene rings is 2. The normalized spacial score (nSPS) is 9.85. The van der Waals surface area contributed by atoms with Gasteiger partial charge in [0.1, 0.15) is 5.82 Å². The monoisotopic (exact) mass is 332 g/mol. The van der Waals surface area contributed by atoms with Crippen molar-refractivity contribution in [1.29, 1.82) is 5.26 Å². The molecule has 0 aliphatic carbocycles. The Kier molecular flexibility index (Phi) is 4.49. The molecule has 0 aromatic heterocycles. The number of hydrogen-bond acceptors (Lipinski definition) is 2. The Hall–Kier alpha value is -2.19. The molecule has 20 heavy (non-hydrogen) atoms. The average molecular weight is 333 g/mol. The number of hydrogen-bond donors (Lipinski definition) is 1. The zero-order valence-electron chi connectivity index (χ0n) is 10.4. The molecule has 0 saturated heterocycles. The van der Waals surface area contributed by atoms with Gasteiger partial charge in [0, 0.05) is 11.3 Å². The second-order valence-corrected chi connectivity index (χ2v) is 4.97. The van der Waals surface area contributed by atoms with Crippen LogP contribution in [0.4, 0.5) is 10.1 Å². The molecule has 2 aromatic rings. The van der Waals surface area contributed by atoms with E-state index >= 15 is 0 Å². The van der Waals surface area contributed by atoms with E-state index in [9.17, 15) is 9.18 Å². The molecule has 2 rings (SSSR count). The predicted molar refractivity (Wildman–Crippen MR) is 77.8 cm³/mol. The molecule has 0 bridgehead atoms. The molecule has 0 saturated carbocycles. The van der Waals surface area contributed by atoms with E-state index in [0.717, 1.165) is 5.56 Å². The van der Waals surface area contributed by atoms with Gasteiger partial charge in [0.2, 0.25) is 0 Å². The summed E-state index contributed by atoms with van der Waals surface area (Å²) >= 11 is 3.04. The number of halogens is 2. The van der Waals surface area contributed by atoms with Gasteiger partial charge < -0.3 is 5.32 Å². The Morgan fingerprint density at radius 1 is 1.25 bits per heavy atom. The van der Waals surface area contributed by atoms with Crippen LogP contribution in [0.5, 0.6) is 0 Å². The molecule has 0 fully saturated rings. The van der Waals surface area contributed by atoms with Crippen LogP contribution in [0.3, 0.4) is 0 Å². The lowest BCUT2D eigenvalue weighted by Gasteiger charge is -2.06. The Morgan fingerprint density at radius 3 is 2.55 bits per heavy atom. The third kappa shape index (κ3) is 3.43. The third-order valence-electron chi connectivity index (χ3n) is 2.68. The van der Waals surface area contributed by atoms with Crippen molar-refractivity contribution in [1.82, 2.24) is 0 Å². The standard InChI is InChI=1S/C15H10BrFN2O/c16-13-9-11(3-6-14(13)17)15(20)19-12-4-1-10(2-5-12)7-8-18/h1-6,9H,7H2,(H,19,20). The lowest BCUT2D eigenvalue weighted by Crippen LogP contribution is -2.12. The van der Waals surface area contributed by atoms with Crippen LogP contribution in [-0.2, 0) is 6.42 Å². The van der Waals surface area contributed by atoms with Crippen molar-refractivity contribution in [2.75, 3.05) is 5.32 Å². The van der Waals surface area contributed by atoms with E-state index in [1.54, 1.807) is 24.3 Å². The van der Waals surface area contributed by atoms with E-state index in [1.165, 1.54) is 18.2 Å². The van der Waals surface area contributed by atoms with Gasteiger partial charge in [0.15, 0.2) is 0 Å². The Labute approximate surface area is 124 Å². The molecular formula is C15H10BrFN2O. The summed E-state index contributed by atoms with van der Waals surface area (Å²) in [6.07, 6.45) is 0.332. The highest BCUT2D eigenvalue weighted by molar-refractivity contribution is 9.10. The SMILES string of the molecule is N#CCc1ccc(NC(=O)c2ccc(F)c(Br)c2)cc1. The first kappa shape index (κ1) is 14.2. The third-order valence-corrected chi connectivity index (χ3v) is 3.28. The minimum Gasteiger partial charge on any atom is -0.322 e. The Morgan fingerprint density at radius 2 is 1.95 bits per heavy atom. The molecule has 2 aromatic carbocycles. The van der Waals surface area contributed by atoms with E-state index in [1.807, 2.05) is 0 Å². The highest BCUT2D eigenvalue weighted by atomic mass is 79.9. The van der Waals surface area contributed by atoms with Crippen molar-refractivity contribution in [3.8, 4) is 6.07 Å². The maximum absolute atomic E-state index is 13.1. The molecule has 100 valence electrons. The summed E-state index contributed by atoms with van der Waals surface area (Å²) in [6.45, 7) is 0. The second kappa shape index (κ2) is 6.31. The Bertz CT molecular complexity index is 677. The fraction of sp³-hybridized carbons (Fsp3) is 0.0667. The first-order valence-electron chi connectivity index (χ1n) is 5.82. The van der Waals surface area contributed by atoms with Gasteiger partial charge in [-0.15, -0.1) is 0 Å². The fourth-order valence-corrected chi connectivity index (χ4v) is 2.02. The summed E-state index contributed by atoms with van der Waals surface area (Å²) in [6, 6.07) is 13.1. The van der Waals surface area contributed by atoms with E-state index in [-0.39, 0.29) is 10.4 Å². The lowest BCUT2D eigenvalue weighted by molar-refractivity contribution is 0.102. The number of nitrogens with one attached hydrogen (secondary N) is 1. The van der Waals surface area contributed by atoms with Crippen LogP contribution in [0.25, 0.3) is 0 Å². The number of nitriles is 1. The van der Waals surface area contributed by atoms with Crippen molar-refractivity contribution in [3.05, 3.63) is 63.9 Å². The molecule has 5 heteroatoms. The van der Waals surface area contributed by atoms with Crippen LogP contribution in [-0.4, -0.2) is 5.91 Å². The van der Waals surface area contributed by atoms with E-state index in [4.69, 9.17) is 5.26 Å². The van der Waals surface area contributed by atoms with Crippen LogP contribution in [0.2, 0.25) is 0 Å². The summed E-state index contributed by atoms with van der Waals surface area (Å²) in [5.74, 6) is -0.735. The molecule has 0 unspecified atom stereocenters. The van der Waals surface area contributed by atoms with Gasteiger partial charge in [0.05, 0.1) is 17.0 Å². The second-order valence-electron chi connectivity index (χ2n) is 4.11. The molecule has 0 spiro atoms. The van der Waals surface area contributed by atoms with Gasteiger partial charge in [0.25, 0.3) is 5.91 Å². The highest BCUT2D eigenvalue weighted by Crippen LogP contribution is 2.18. The number of amides is 1. The zero-order valence-corrected chi connectivity index (χ0v) is 11.9. The lowest BCUT2D eigenvalue weighted by atomic mass is 10.1. The molecule has 0 radical (unpaired) electrons. The molecular weight excluding hydrogens is 323 g/mol. The zero-order chi connectivity index (χ0) is 14.5. The van der Waals surface area contributed by atoms with Crippen molar-refractivity contribution < 1.29 is 9.18 Å². The quantitative estimate of drug-likeness (QED) is 0.926. The Balaban J connectivity index is 2.11. The van der Waals surface area contributed by atoms with Crippen molar-refractivity contribution in [3.63, 3.8) is 0 Å². The molecule has 3 nitrogen and oxygen atoms in total. The van der Waals surface area contributed by atoms with Crippen LogP contribution in [0.1, 0.15) is 15.9 Å². The number of anilines is 1. The van der Waals surface area contributed by atoms with Gasteiger partial charge in [-0.1, -0.05) is 12.1 Å². The summed E-state index contributed by atoms with van der Waals surface area (Å²) in [4.78, 5) is 12.0. The van der Waals surface area contributed by atoms with Gasteiger partial charge >= 0.3 is 0 Å². The minimum atomic E-state index is -0.414. The first-order valence-corrected chi connectivity index (χ1v) is 6.62. The van der Waals surface area contributed by atoms with Gasteiger partial charge in [-0.25, -0.2) is 4.39 Å². The number of carbonyl (C=O) groups is 1. The molecule has 0 atom stereocenters. The van der Waals surface area contributed by atoms with Crippen LogP contribution < -0.4 is 5.32 Å². The first-order chi connectivity index (χ1) is 9.60. The van der Waals surface area contributed by atoms with E-state index < -0.39 is 5.82 Å². The minimum absolute atomic E-state index is 0.245.